The van der Waals surface area contributed by atoms with E-state index in [1.807, 2.05) is 6.07 Å². The molecule has 0 spiro atoms. The van der Waals surface area contributed by atoms with Crippen molar-refractivity contribution >= 4 is 11.6 Å². The highest BCUT2D eigenvalue weighted by atomic mass is 16.5. The number of benzene rings is 2. The van der Waals surface area contributed by atoms with E-state index >= 15 is 0 Å². The first-order chi connectivity index (χ1) is 17.1. The number of ether oxygens (including phenoxy) is 5. The Labute approximate surface area is 201 Å². The molecule has 11 nitrogen and oxygen atoms in total. The summed E-state index contributed by atoms with van der Waals surface area (Å²) in [6.07, 6.45) is 0. The first kappa shape index (κ1) is 23.6. The molecule has 2 aromatic heterocycles. The van der Waals surface area contributed by atoms with Crippen LogP contribution in [0.1, 0.15) is 10.4 Å². The van der Waals surface area contributed by atoms with Crippen molar-refractivity contribution in [1.29, 1.82) is 0 Å². The van der Waals surface area contributed by atoms with Gasteiger partial charge in [-0.05, 0) is 30.3 Å². The molecule has 0 aliphatic carbocycles. The molecule has 11 heteroatoms. The van der Waals surface area contributed by atoms with Crippen molar-refractivity contribution in [1.82, 2.24) is 25.1 Å². The van der Waals surface area contributed by atoms with Gasteiger partial charge in [0.2, 0.25) is 5.88 Å². The highest BCUT2D eigenvalue weighted by Gasteiger charge is 2.17. The highest BCUT2D eigenvalue weighted by Crippen LogP contribution is 2.32. The van der Waals surface area contributed by atoms with E-state index in [0.717, 1.165) is 0 Å². The van der Waals surface area contributed by atoms with Gasteiger partial charge in [0.25, 0.3) is 5.91 Å². The molecule has 0 fully saturated rings. The van der Waals surface area contributed by atoms with Gasteiger partial charge >= 0.3 is 0 Å². The maximum absolute atomic E-state index is 12.6. The zero-order chi connectivity index (χ0) is 24.8. The zero-order valence-electron chi connectivity index (χ0n) is 19.8. The summed E-state index contributed by atoms with van der Waals surface area (Å²) in [4.78, 5) is 12.6. The first-order valence-electron chi connectivity index (χ1n) is 10.7. The number of fused-ring (bicyclic) bond motifs is 1. The molecule has 0 aliphatic rings. The molecule has 4 rings (SSSR count). The maximum Gasteiger partial charge on any atom is 0.255 e. The Bertz CT molecular complexity index is 1340. The normalized spacial score (nSPS) is 10.6. The molecule has 2 aromatic carbocycles. The Morgan fingerprint density at radius 1 is 0.914 bits per heavy atom. The number of methoxy groups -OCH3 is 4. The van der Waals surface area contributed by atoms with Gasteiger partial charge in [-0.3, -0.25) is 4.79 Å². The number of hydrogen-bond donors (Lipinski definition) is 1. The Morgan fingerprint density at radius 2 is 1.74 bits per heavy atom. The smallest absolute Gasteiger partial charge is 0.255 e. The van der Waals surface area contributed by atoms with Crippen LogP contribution in [0.4, 0.5) is 0 Å². The van der Waals surface area contributed by atoms with Crippen LogP contribution in [0.2, 0.25) is 0 Å². The molecule has 0 radical (unpaired) electrons. The Hall–Kier alpha value is -4.54. The predicted molar refractivity (Wildman–Crippen MR) is 127 cm³/mol. The molecule has 0 atom stereocenters. The number of hydrogen-bond acceptors (Lipinski definition) is 9. The number of amides is 1. The lowest BCUT2D eigenvalue weighted by Gasteiger charge is -2.13. The number of carbonyl (C=O) groups is 1. The molecular weight excluding hydrogens is 454 g/mol. The quantitative estimate of drug-likeness (QED) is 0.342. The van der Waals surface area contributed by atoms with Gasteiger partial charge in [0.1, 0.15) is 18.1 Å². The molecule has 1 amide bonds. The van der Waals surface area contributed by atoms with Crippen molar-refractivity contribution < 1.29 is 28.5 Å². The lowest BCUT2D eigenvalue weighted by molar-refractivity contribution is 0.0942. The fourth-order valence-electron chi connectivity index (χ4n) is 3.48. The van der Waals surface area contributed by atoms with E-state index in [4.69, 9.17) is 23.7 Å². The van der Waals surface area contributed by atoms with E-state index in [9.17, 15) is 4.79 Å². The van der Waals surface area contributed by atoms with Gasteiger partial charge in [-0.15, -0.1) is 15.3 Å². The van der Waals surface area contributed by atoms with Crippen molar-refractivity contribution in [3.05, 3.63) is 54.1 Å². The summed E-state index contributed by atoms with van der Waals surface area (Å²) in [7, 11) is 6.16. The summed E-state index contributed by atoms with van der Waals surface area (Å²) in [5, 5.41) is 15.7. The molecule has 0 saturated carbocycles. The first-order valence-corrected chi connectivity index (χ1v) is 10.7. The lowest BCUT2D eigenvalue weighted by Crippen LogP contribution is -2.28. The predicted octanol–water partition coefficient (Wildman–Crippen LogP) is 2.63. The van der Waals surface area contributed by atoms with Gasteiger partial charge in [-0.1, -0.05) is 6.07 Å². The summed E-state index contributed by atoms with van der Waals surface area (Å²) in [5.41, 5.74) is 1.61. The third kappa shape index (κ3) is 4.88. The van der Waals surface area contributed by atoms with Gasteiger partial charge in [0, 0.05) is 12.1 Å². The monoisotopic (exact) mass is 479 g/mol. The third-order valence-electron chi connectivity index (χ3n) is 5.17. The van der Waals surface area contributed by atoms with Crippen LogP contribution in [0.3, 0.4) is 0 Å². The molecule has 1 N–H and O–H groups in total. The van der Waals surface area contributed by atoms with Crippen LogP contribution in [-0.2, 0) is 0 Å². The van der Waals surface area contributed by atoms with E-state index in [1.165, 1.54) is 14.2 Å². The average molecular weight is 479 g/mol. The van der Waals surface area contributed by atoms with Crippen LogP contribution in [-0.4, -0.2) is 67.3 Å². The molecular formula is C24H25N5O6. The minimum Gasteiger partial charge on any atom is -0.497 e. The molecule has 182 valence electrons. The molecule has 0 unspecified atom stereocenters. The largest absolute Gasteiger partial charge is 0.497 e. The minimum atomic E-state index is -0.305. The van der Waals surface area contributed by atoms with Crippen LogP contribution in [0, 0.1) is 0 Å². The van der Waals surface area contributed by atoms with Crippen LogP contribution in [0.25, 0.3) is 17.0 Å². The second kappa shape index (κ2) is 10.6. The van der Waals surface area contributed by atoms with Gasteiger partial charge < -0.3 is 29.0 Å². The molecule has 0 bridgehead atoms. The third-order valence-corrected chi connectivity index (χ3v) is 5.17. The molecule has 0 saturated heterocycles. The SMILES string of the molecule is COc1ccc(-c2nnc3ccc(OCCNC(=O)c4cccc(OC)c4OC)nn23)c(OC)c1. The number of aromatic nitrogens is 4. The molecule has 4 aromatic rings. The van der Waals surface area contributed by atoms with E-state index in [-0.39, 0.29) is 19.1 Å². The summed E-state index contributed by atoms with van der Waals surface area (Å²) in [6.45, 7) is 0.445. The average Bonchev–Trinajstić information content (AvgIpc) is 3.32. The van der Waals surface area contributed by atoms with Gasteiger partial charge in [-0.2, -0.15) is 4.52 Å². The Kier molecular flexibility index (Phi) is 7.15. The fourth-order valence-corrected chi connectivity index (χ4v) is 3.48. The fraction of sp³-hybridized carbons (Fsp3) is 0.250. The van der Waals surface area contributed by atoms with Crippen LogP contribution in [0.5, 0.6) is 28.9 Å². The van der Waals surface area contributed by atoms with Crippen LogP contribution >= 0.6 is 0 Å². The standard InChI is InChI=1S/C24H25N5O6/c1-31-15-8-9-16(19(14-15)33-3)23-27-26-20-10-11-21(28-29(20)23)35-13-12-25-24(30)17-6-5-7-18(32-2)22(17)34-4/h5-11,14H,12-13H2,1-4H3,(H,25,30). The van der Waals surface area contributed by atoms with E-state index in [1.54, 1.807) is 61.2 Å². The number of rotatable bonds is 10. The Balaban J connectivity index is 1.45. The summed E-state index contributed by atoms with van der Waals surface area (Å²) < 4.78 is 28.6. The van der Waals surface area contributed by atoms with Gasteiger partial charge in [0.05, 0.1) is 46.1 Å². The van der Waals surface area contributed by atoms with Crippen molar-refractivity contribution in [2.24, 2.45) is 0 Å². The molecule has 2 heterocycles. The maximum atomic E-state index is 12.6. The van der Waals surface area contributed by atoms with Crippen LogP contribution < -0.4 is 29.0 Å². The van der Waals surface area contributed by atoms with Gasteiger partial charge in [-0.25, -0.2) is 0 Å². The minimum absolute atomic E-state index is 0.194. The Morgan fingerprint density at radius 3 is 2.49 bits per heavy atom. The number of carbonyl (C=O) groups excluding carboxylic acids is 1. The van der Waals surface area contributed by atoms with Crippen molar-refractivity contribution in [2.45, 2.75) is 0 Å². The second-order valence-corrected chi connectivity index (χ2v) is 7.18. The zero-order valence-corrected chi connectivity index (χ0v) is 19.8. The van der Waals surface area contributed by atoms with E-state index < -0.39 is 0 Å². The number of para-hydroxylation sites is 1. The number of nitrogens with zero attached hydrogens (tertiary/aromatic N) is 4. The summed E-state index contributed by atoms with van der Waals surface area (Å²) >= 11 is 0. The summed E-state index contributed by atoms with van der Waals surface area (Å²) in [5.74, 6) is 2.61. The number of nitrogens with one attached hydrogen (secondary N) is 1. The lowest BCUT2D eigenvalue weighted by atomic mass is 10.1. The topological polar surface area (TPSA) is 118 Å². The van der Waals surface area contributed by atoms with Gasteiger partial charge in [0.15, 0.2) is 23.0 Å². The second-order valence-electron chi connectivity index (χ2n) is 7.18. The van der Waals surface area contributed by atoms with E-state index in [2.05, 4.69) is 20.6 Å². The van der Waals surface area contributed by atoms with E-state index in [0.29, 0.717) is 51.5 Å². The van der Waals surface area contributed by atoms with Crippen molar-refractivity contribution in [3.63, 3.8) is 0 Å². The molecule has 0 aliphatic heterocycles. The summed E-state index contributed by atoms with van der Waals surface area (Å²) in [6, 6.07) is 13.9. The highest BCUT2D eigenvalue weighted by molar-refractivity contribution is 5.97. The van der Waals surface area contributed by atoms with Crippen LogP contribution in [0.15, 0.2) is 48.5 Å². The molecule has 35 heavy (non-hydrogen) atoms. The van der Waals surface area contributed by atoms with Crippen molar-refractivity contribution in [2.75, 3.05) is 41.6 Å². The van der Waals surface area contributed by atoms with Crippen molar-refractivity contribution in [3.8, 4) is 40.3 Å².